The summed E-state index contributed by atoms with van der Waals surface area (Å²) in [5, 5.41) is 0. The van der Waals surface area contributed by atoms with E-state index in [0.717, 1.165) is 29.4 Å². The number of para-hydroxylation sites is 3. The van der Waals surface area contributed by atoms with Gasteiger partial charge in [-0.15, -0.1) is 0 Å². The number of unbranched alkanes of at least 4 members (excludes halogenated alkanes) is 1. The van der Waals surface area contributed by atoms with Gasteiger partial charge in [0.15, 0.2) is 5.92 Å². The Morgan fingerprint density at radius 3 is 2.53 bits per heavy atom. The van der Waals surface area contributed by atoms with Crippen LogP contribution in [0.15, 0.2) is 48.5 Å². The number of rotatable bonds is 8. The van der Waals surface area contributed by atoms with Gasteiger partial charge in [0.25, 0.3) is 0 Å². The van der Waals surface area contributed by atoms with Gasteiger partial charge in [0.2, 0.25) is 11.9 Å². The van der Waals surface area contributed by atoms with Crippen molar-refractivity contribution in [2.75, 3.05) is 24.7 Å². The van der Waals surface area contributed by atoms with Crippen molar-refractivity contribution >= 4 is 28.9 Å². The Hall–Kier alpha value is -3.35. The van der Waals surface area contributed by atoms with Gasteiger partial charge >= 0.3 is 5.97 Å². The Kier molecular flexibility index (Phi) is 6.44. The summed E-state index contributed by atoms with van der Waals surface area (Å²) in [6.07, 6.45) is 1.73. The van der Waals surface area contributed by atoms with Crippen LogP contribution in [0.1, 0.15) is 45.2 Å². The molecule has 0 saturated heterocycles. The molecule has 32 heavy (non-hydrogen) atoms. The average molecular weight is 436 g/mol. The van der Waals surface area contributed by atoms with Crippen molar-refractivity contribution < 1.29 is 19.1 Å². The summed E-state index contributed by atoms with van der Waals surface area (Å²) in [5.74, 6) is -0.636. The number of aromatic nitrogens is 2. The molecule has 168 valence electrons. The zero-order valence-corrected chi connectivity index (χ0v) is 18.8. The number of ether oxygens (including phenoxy) is 2. The molecule has 7 nitrogen and oxygen atoms in total. The molecule has 2 atom stereocenters. The predicted molar refractivity (Wildman–Crippen MR) is 123 cm³/mol. The first kappa shape index (κ1) is 21.9. The Bertz CT molecular complexity index is 1120. The topological polar surface area (TPSA) is 73.7 Å². The molecule has 0 aliphatic carbocycles. The predicted octanol–water partition coefficient (Wildman–Crippen LogP) is 4.35. The highest BCUT2D eigenvalue weighted by Gasteiger charge is 2.48. The molecular weight excluding hydrogens is 406 g/mol. The van der Waals surface area contributed by atoms with Crippen molar-refractivity contribution in [1.82, 2.24) is 9.55 Å². The number of hydrogen-bond acceptors (Lipinski definition) is 5. The average Bonchev–Trinajstić information content (AvgIpc) is 3.18. The summed E-state index contributed by atoms with van der Waals surface area (Å²) in [6, 6.07) is 14.7. The molecule has 0 radical (unpaired) electrons. The number of fused-ring (bicyclic) bond motifs is 3. The maximum Gasteiger partial charge on any atom is 0.321 e. The fourth-order valence-corrected chi connectivity index (χ4v) is 4.37. The van der Waals surface area contributed by atoms with Gasteiger partial charge in [-0.25, -0.2) is 4.98 Å². The van der Waals surface area contributed by atoms with Crippen LogP contribution in [0, 0.1) is 5.92 Å². The highest BCUT2D eigenvalue weighted by atomic mass is 16.5. The first-order valence-corrected chi connectivity index (χ1v) is 11.3. The lowest BCUT2D eigenvalue weighted by Gasteiger charge is -2.38. The molecule has 7 heteroatoms. The van der Waals surface area contributed by atoms with Gasteiger partial charge in [-0.1, -0.05) is 43.7 Å². The fraction of sp³-hybridized carbons (Fsp3) is 0.400. The molecule has 2 heterocycles. The summed E-state index contributed by atoms with van der Waals surface area (Å²) in [6.45, 7) is 6.91. The number of carbonyl (C=O) groups is 2. The van der Waals surface area contributed by atoms with Crippen molar-refractivity contribution in [3.63, 3.8) is 0 Å². The Morgan fingerprint density at radius 2 is 1.78 bits per heavy atom. The zero-order chi connectivity index (χ0) is 22.7. The van der Waals surface area contributed by atoms with Gasteiger partial charge in [0.1, 0.15) is 5.75 Å². The van der Waals surface area contributed by atoms with Gasteiger partial charge < -0.3 is 14.0 Å². The molecule has 4 rings (SSSR count). The molecule has 1 aliphatic heterocycles. The number of carbonyl (C=O) groups excluding carboxylic acids is 2. The summed E-state index contributed by atoms with van der Waals surface area (Å²) in [7, 11) is 0. The Balaban J connectivity index is 2.00. The quantitative estimate of drug-likeness (QED) is 0.388. The van der Waals surface area contributed by atoms with E-state index >= 15 is 0 Å². The van der Waals surface area contributed by atoms with E-state index in [2.05, 4.69) is 6.92 Å². The zero-order valence-electron chi connectivity index (χ0n) is 18.8. The van der Waals surface area contributed by atoms with Crippen molar-refractivity contribution in [2.24, 2.45) is 5.92 Å². The lowest BCUT2D eigenvalue weighted by atomic mass is 9.88. The smallest absolute Gasteiger partial charge is 0.321 e. The normalized spacial score (nSPS) is 18.0. The summed E-state index contributed by atoms with van der Waals surface area (Å²) in [5.41, 5.74) is 2.41. The molecule has 0 unspecified atom stereocenters. The monoisotopic (exact) mass is 435 g/mol. The Labute approximate surface area is 187 Å². The van der Waals surface area contributed by atoms with Gasteiger partial charge in [0.05, 0.1) is 30.3 Å². The number of imidazole rings is 1. The first-order valence-electron chi connectivity index (χ1n) is 11.3. The molecule has 0 saturated carbocycles. The van der Waals surface area contributed by atoms with Crippen LogP contribution in [-0.2, 0) is 14.3 Å². The minimum atomic E-state index is -1.03. The van der Waals surface area contributed by atoms with E-state index in [4.69, 9.17) is 14.5 Å². The second-order valence-electron chi connectivity index (χ2n) is 7.76. The fourth-order valence-electron chi connectivity index (χ4n) is 4.37. The minimum Gasteiger partial charge on any atom is -0.494 e. The van der Waals surface area contributed by atoms with Gasteiger partial charge in [0, 0.05) is 12.1 Å². The highest BCUT2D eigenvalue weighted by molar-refractivity contribution is 6.08. The van der Waals surface area contributed by atoms with Crippen LogP contribution in [-0.4, -0.2) is 41.2 Å². The lowest BCUT2D eigenvalue weighted by molar-refractivity contribution is -0.153. The number of benzene rings is 2. The maximum absolute atomic E-state index is 13.8. The van der Waals surface area contributed by atoms with E-state index < -0.39 is 17.9 Å². The third kappa shape index (κ3) is 3.72. The Morgan fingerprint density at radius 1 is 1.03 bits per heavy atom. The van der Waals surface area contributed by atoms with Gasteiger partial charge in [-0.3, -0.25) is 14.5 Å². The van der Waals surface area contributed by atoms with E-state index in [1.807, 2.05) is 60.0 Å². The molecule has 1 aliphatic rings. The summed E-state index contributed by atoms with van der Waals surface area (Å²) in [4.78, 5) is 33.4. The van der Waals surface area contributed by atoms with Crippen molar-refractivity contribution in [1.29, 1.82) is 0 Å². The second kappa shape index (κ2) is 9.42. The van der Waals surface area contributed by atoms with E-state index in [9.17, 15) is 9.59 Å². The standard InChI is InChI=1S/C25H29N3O4/c1-4-7-16-27-23(29)21(24(30)32-6-3)22(17-12-8-11-15-20(17)31-5-2)28-19-14-10-9-13-18(19)26-25(27)28/h8-15,21-22H,4-7,16H2,1-3H3/t21-,22+/m1/s1. The molecule has 0 spiro atoms. The number of hydrogen-bond donors (Lipinski definition) is 0. The van der Waals surface area contributed by atoms with Gasteiger partial charge in [-0.2, -0.15) is 0 Å². The number of esters is 1. The molecule has 1 aromatic heterocycles. The van der Waals surface area contributed by atoms with Crippen LogP contribution in [0.3, 0.4) is 0 Å². The third-order valence-electron chi connectivity index (χ3n) is 5.76. The van der Waals surface area contributed by atoms with Gasteiger partial charge in [-0.05, 0) is 38.5 Å². The minimum absolute atomic E-state index is 0.203. The highest BCUT2D eigenvalue weighted by Crippen LogP contribution is 2.43. The molecule has 3 aromatic rings. The third-order valence-corrected chi connectivity index (χ3v) is 5.76. The molecular formula is C25H29N3O4. The molecule has 0 bridgehead atoms. The van der Waals surface area contributed by atoms with E-state index in [0.29, 0.717) is 24.8 Å². The lowest BCUT2D eigenvalue weighted by Crippen LogP contribution is -2.50. The van der Waals surface area contributed by atoms with Crippen molar-refractivity contribution in [3.8, 4) is 5.75 Å². The van der Waals surface area contributed by atoms with Crippen LogP contribution >= 0.6 is 0 Å². The molecule has 0 N–H and O–H groups in total. The van der Waals surface area contributed by atoms with E-state index in [-0.39, 0.29) is 12.5 Å². The van der Waals surface area contributed by atoms with E-state index in [1.54, 1.807) is 11.8 Å². The van der Waals surface area contributed by atoms with Crippen LogP contribution in [0.4, 0.5) is 5.95 Å². The van der Waals surface area contributed by atoms with Crippen LogP contribution in [0.25, 0.3) is 11.0 Å². The van der Waals surface area contributed by atoms with E-state index in [1.165, 1.54) is 0 Å². The molecule has 0 fully saturated rings. The van der Waals surface area contributed by atoms with Crippen LogP contribution in [0.2, 0.25) is 0 Å². The van der Waals surface area contributed by atoms with Crippen molar-refractivity contribution in [3.05, 3.63) is 54.1 Å². The molecule has 1 amide bonds. The number of nitrogens with zero attached hydrogens (tertiary/aromatic N) is 3. The molecule has 2 aromatic carbocycles. The van der Waals surface area contributed by atoms with Crippen LogP contribution in [0.5, 0.6) is 5.75 Å². The number of anilines is 1. The van der Waals surface area contributed by atoms with Crippen molar-refractivity contribution in [2.45, 2.75) is 39.7 Å². The first-order chi connectivity index (χ1) is 15.6. The van der Waals surface area contributed by atoms with Crippen LogP contribution < -0.4 is 9.64 Å². The number of amides is 1. The second-order valence-corrected chi connectivity index (χ2v) is 7.76. The SMILES string of the molecule is CCCCN1C(=O)[C@H](C(=O)OCC)[C@H](c2ccccc2OCC)n2c1nc1ccccc12. The maximum atomic E-state index is 13.8. The summed E-state index contributed by atoms with van der Waals surface area (Å²) >= 11 is 0. The summed E-state index contributed by atoms with van der Waals surface area (Å²) < 4.78 is 13.3. The largest absolute Gasteiger partial charge is 0.494 e.